The number of benzene rings is 2. The van der Waals surface area contributed by atoms with Gasteiger partial charge in [-0.2, -0.15) is 0 Å². The lowest BCUT2D eigenvalue weighted by molar-refractivity contribution is 0.548. The minimum atomic E-state index is -0.546. The second-order valence-electron chi connectivity index (χ2n) is 5.59. The lowest BCUT2D eigenvalue weighted by Crippen LogP contribution is -2.00. The Bertz CT molecular complexity index is 1150. The fraction of sp³-hybridized carbons (Fsp3) is 0.111. The number of azo groups is 1. The zero-order valence-corrected chi connectivity index (χ0v) is 13.2. The molecule has 0 fully saturated rings. The second-order valence-corrected chi connectivity index (χ2v) is 5.59. The first-order valence-electron chi connectivity index (χ1n) is 7.53. The molecule has 0 bridgehead atoms. The summed E-state index contributed by atoms with van der Waals surface area (Å²) < 4.78 is 5.22. The minimum Gasteiger partial charge on any atom is -0.400 e. The molecule has 0 radical (unpaired) electrons. The summed E-state index contributed by atoms with van der Waals surface area (Å²) >= 11 is 0. The summed E-state index contributed by atoms with van der Waals surface area (Å²) in [6.45, 7) is 3.69. The highest BCUT2D eigenvalue weighted by molar-refractivity contribution is 5.92. The van der Waals surface area contributed by atoms with Crippen molar-refractivity contribution in [1.82, 2.24) is 10.2 Å². The fourth-order valence-electron chi connectivity index (χ4n) is 2.85. The number of hydrogen-bond acceptors (Lipinski definition) is 5. The summed E-state index contributed by atoms with van der Waals surface area (Å²) in [5.41, 5.74) is 2.18. The van der Waals surface area contributed by atoms with Gasteiger partial charge in [-0.05, 0) is 30.9 Å². The van der Waals surface area contributed by atoms with Gasteiger partial charge in [0.1, 0.15) is 0 Å². The number of nitrogens with zero attached hydrogens (tertiary/aromatic N) is 3. The van der Waals surface area contributed by atoms with Gasteiger partial charge in [0.25, 0.3) is 0 Å². The van der Waals surface area contributed by atoms with Crippen molar-refractivity contribution in [3.63, 3.8) is 0 Å². The van der Waals surface area contributed by atoms with Crippen LogP contribution < -0.4 is 5.63 Å². The minimum absolute atomic E-state index is 0.194. The highest BCUT2D eigenvalue weighted by atomic mass is 16.4. The molecular weight excluding hydrogens is 304 g/mol. The van der Waals surface area contributed by atoms with E-state index in [1.807, 2.05) is 56.3 Å². The van der Waals surface area contributed by atoms with E-state index in [2.05, 4.69) is 20.4 Å². The third-order valence-corrected chi connectivity index (χ3v) is 4.05. The van der Waals surface area contributed by atoms with Gasteiger partial charge >= 0.3 is 5.63 Å². The van der Waals surface area contributed by atoms with Crippen LogP contribution in [0.5, 0.6) is 0 Å². The number of rotatable bonds is 2. The molecule has 24 heavy (non-hydrogen) atoms. The molecule has 0 unspecified atom stereocenters. The molecule has 2 aromatic carbocycles. The zero-order chi connectivity index (χ0) is 16.7. The molecule has 0 aliphatic rings. The molecule has 0 saturated heterocycles. The van der Waals surface area contributed by atoms with E-state index in [4.69, 9.17) is 4.42 Å². The highest BCUT2D eigenvalue weighted by Crippen LogP contribution is 2.29. The first-order valence-corrected chi connectivity index (χ1v) is 7.53. The van der Waals surface area contributed by atoms with Crippen LogP contribution in [0.1, 0.15) is 11.3 Å². The summed E-state index contributed by atoms with van der Waals surface area (Å²) in [6, 6.07) is 13.7. The lowest BCUT2D eigenvalue weighted by atomic mass is 10.1. The Morgan fingerprint density at radius 3 is 2.71 bits per heavy atom. The van der Waals surface area contributed by atoms with Crippen LogP contribution in [0.3, 0.4) is 0 Å². The van der Waals surface area contributed by atoms with E-state index in [0.717, 1.165) is 21.9 Å². The fourth-order valence-corrected chi connectivity index (χ4v) is 2.85. The number of nitrogens with one attached hydrogen (secondary N) is 1. The van der Waals surface area contributed by atoms with E-state index in [1.165, 1.54) is 0 Å². The van der Waals surface area contributed by atoms with Gasteiger partial charge in [0, 0.05) is 11.1 Å². The summed E-state index contributed by atoms with van der Waals surface area (Å²) in [5.74, 6) is 0. The highest BCUT2D eigenvalue weighted by Gasteiger charge is 2.15. The summed E-state index contributed by atoms with van der Waals surface area (Å²) in [6.07, 6.45) is 0. The Hall–Kier alpha value is -3.28. The van der Waals surface area contributed by atoms with Gasteiger partial charge < -0.3 is 4.42 Å². The molecule has 0 spiro atoms. The van der Waals surface area contributed by atoms with Crippen LogP contribution >= 0.6 is 0 Å². The molecule has 0 aliphatic carbocycles. The van der Waals surface area contributed by atoms with Crippen molar-refractivity contribution in [2.45, 2.75) is 13.8 Å². The Kier molecular flexibility index (Phi) is 3.23. The van der Waals surface area contributed by atoms with Crippen molar-refractivity contribution < 1.29 is 4.42 Å². The van der Waals surface area contributed by atoms with Crippen LogP contribution in [0.15, 0.2) is 61.9 Å². The van der Waals surface area contributed by atoms with Gasteiger partial charge in [-0.15, -0.1) is 15.3 Å². The maximum Gasteiger partial charge on any atom is 0.365 e. The SMILES string of the molecule is Cc1[nH]nc2oc(=O)c(N=Nc3cccc4ccccc34)c(C)c12. The van der Waals surface area contributed by atoms with E-state index in [1.54, 1.807) is 0 Å². The molecule has 1 N–H and O–H groups in total. The predicted octanol–water partition coefficient (Wildman–Crippen LogP) is 4.70. The standard InChI is InChI=1S/C18H14N4O2/c1-10-15-11(2)19-22-17(15)24-18(23)16(10)21-20-14-9-5-7-12-6-3-4-8-13(12)14/h3-9H,1-2H3,(H,19,22). The van der Waals surface area contributed by atoms with Gasteiger partial charge in [-0.1, -0.05) is 36.4 Å². The molecule has 2 aromatic heterocycles. The van der Waals surface area contributed by atoms with Crippen LogP contribution in [0.2, 0.25) is 0 Å². The molecule has 6 nitrogen and oxygen atoms in total. The molecule has 6 heteroatoms. The van der Waals surface area contributed by atoms with Crippen LogP contribution in [0, 0.1) is 13.8 Å². The predicted molar refractivity (Wildman–Crippen MR) is 92.2 cm³/mol. The second kappa shape index (κ2) is 5.42. The van der Waals surface area contributed by atoms with Crippen LogP contribution in [0.4, 0.5) is 11.4 Å². The van der Waals surface area contributed by atoms with E-state index < -0.39 is 5.63 Å². The first kappa shape index (κ1) is 14.3. The van der Waals surface area contributed by atoms with Crippen LogP contribution in [0.25, 0.3) is 21.9 Å². The van der Waals surface area contributed by atoms with Crippen molar-refractivity contribution in [3.8, 4) is 0 Å². The summed E-state index contributed by atoms with van der Waals surface area (Å²) in [4.78, 5) is 12.2. The van der Waals surface area contributed by atoms with Crippen molar-refractivity contribution >= 4 is 33.2 Å². The molecule has 4 aromatic rings. The molecule has 4 rings (SSSR count). The van der Waals surface area contributed by atoms with Gasteiger partial charge in [0.05, 0.1) is 11.1 Å². The van der Waals surface area contributed by atoms with E-state index in [0.29, 0.717) is 17.0 Å². The van der Waals surface area contributed by atoms with Crippen molar-refractivity contribution in [3.05, 3.63) is 64.1 Å². The Balaban J connectivity index is 1.88. The number of fused-ring (bicyclic) bond motifs is 2. The third-order valence-electron chi connectivity index (χ3n) is 4.05. The Labute approximate surface area is 136 Å². The Morgan fingerprint density at radius 2 is 1.83 bits per heavy atom. The monoisotopic (exact) mass is 318 g/mol. The third kappa shape index (κ3) is 2.20. The molecule has 0 saturated carbocycles. The molecule has 0 amide bonds. The Morgan fingerprint density at radius 1 is 1.04 bits per heavy atom. The van der Waals surface area contributed by atoms with Crippen LogP contribution in [-0.4, -0.2) is 10.2 Å². The number of H-pyrrole nitrogens is 1. The van der Waals surface area contributed by atoms with Gasteiger partial charge in [-0.3, -0.25) is 5.10 Å². The molecule has 0 atom stereocenters. The lowest BCUT2D eigenvalue weighted by Gasteiger charge is -2.01. The molecule has 0 aliphatic heterocycles. The number of aromatic amines is 1. The first-order chi connectivity index (χ1) is 11.6. The van der Waals surface area contributed by atoms with Crippen LogP contribution in [-0.2, 0) is 0 Å². The van der Waals surface area contributed by atoms with E-state index in [9.17, 15) is 4.79 Å². The molecule has 2 heterocycles. The number of aromatic nitrogens is 2. The van der Waals surface area contributed by atoms with Gasteiger partial charge in [0.2, 0.25) is 5.71 Å². The van der Waals surface area contributed by atoms with Gasteiger partial charge in [-0.25, -0.2) is 4.79 Å². The van der Waals surface area contributed by atoms with Crippen molar-refractivity contribution in [2.75, 3.05) is 0 Å². The van der Waals surface area contributed by atoms with Gasteiger partial charge in [0.15, 0.2) is 5.69 Å². The normalized spacial score (nSPS) is 11.8. The quantitative estimate of drug-likeness (QED) is 0.544. The topological polar surface area (TPSA) is 83.6 Å². The number of hydrogen-bond donors (Lipinski definition) is 1. The molecule has 118 valence electrons. The number of aryl methyl sites for hydroxylation is 2. The summed E-state index contributed by atoms with van der Waals surface area (Å²) in [5, 5.41) is 18.1. The smallest absolute Gasteiger partial charge is 0.365 e. The van der Waals surface area contributed by atoms with Crippen molar-refractivity contribution in [1.29, 1.82) is 0 Å². The zero-order valence-electron chi connectivity index (χ0n) is 13.2. The van der Waals surface area contributed by atoms with E-state index >= 15 is 0 Å². The maximum absolute atomic E-state index is 12.2. The average molecular weight is 318 g/mol. The molecular formula is C18H14N4O2. The average Bonchev–Trinajstić information content (AvgIpc) is 2.95. The summed E-state index contributed by atoms with van der Waals surface area (Å²) in [7, 11) is 0. The largest absolute Gasteiger partial charge is 0.400 e. The van der Waals surface area contributed by atoms with E-state index in [-0.39, 0.29) is 5.69 Å². The van der Waals surface area contributed by atoms with Crippen molar-refractivity contribution in [2.24, 2.45) is 10.2 Å². The maximum atomic E-state index is 12.2.